The van der Waals surface area contributed by atoms with Crippen molar-refractivity contribution in [1.82, 2.24) is 0 Å². The van der Waals surface area contributed by atoms with E-state index in [-0.39, 0.29) is 5.56 Å². The molecule has 1 aromatic rings. The van der Waals surface area contributed by atoms with E-state index >= 15 is 0 Å². The lowest BCUT2D eigenvalue weighted by molar-refractivity contribution is -0.671. The number of benzene rings is 1. The molecule has 0 fully saturated rings. The van der Waals surface area contributed by atoms with Gasteiger partial charge in [-0.05, 0) is 5.56 Å². The Morgan fingerprint density at radius 1 is 1.40 bits per heavy atom. The first-order valence-corrected chi connectivity index (χ1v) is 4.85. The van der Waals surface area contributed by atoms with Gasteiger partial charge >= 0.3 is 0 Å². The van der Waals surface area contributed by atoms with E-state index in [1.165, 1.54) is 0 Å². The summed E-state index contributed by atoms with van der Waals surface area (Å²) in [5.74, 6) is -1.13. The van der Waals surface area contributed by atoms with E-state index in [0.29, 0.717) is 0 Å². The molecule has 0 aliphatic rings. The summed E-state index contributed by atoms with van der Waals surface area (Å²) >= 11 is 0. The molecule has 4 heteroatoms. The number of methoxy groups -OCH3 is 1. The van der Waals surface area contributed by atoms with Crippen LogP contribution in [-0.2, 0) is 11.3 Å². The monoisotopic (exact) mass is 209 g/mol. The third-order valence-corrected chi connectivity index (χ3v) is 2.10. The van der Waals surface area contributed by atoms with Crippen LogP contribution < -0.4 is 10.4 Å². The van der Waals surface area contributed by atoms with Gasteiger partial charge in [0.05, 0.1) is 19.1 Å². The molecule has 0 unspecified atom stereocenters. The summed E-state index contributed by atoms with van der Waals surface area (Å²) in [5, 5.41) is 12.6. The number of rotatable bonds is 6. The van der Waals surface area contributed by atoms with E-state index in [2.05, 4.69) is 5.32 Å². The summed E-state index contributed by atoms with van der Waals surface area (Å²) in [7, 11) is 1.67. The highest BCUT2D eigenvalue weighted by Gasteiger charge is 1.97. The second-order valence-electron chi connectivity index (χ2n) is 3.26. The van der Waals surface area contributed by atoms with Gasteiger partial charge in [-0.15, -0.1) is 0 Å². The Bertz CT molecular complexity index is 308. The zero-order valence-corrected chi connectivity index (χ0v) is 8.73. The Balaban J connectivity index is 2.39. The Morgan fingerprint density at radius 2 is 2.07 bits per heavy atom. The quantitative estimate of drug-likeness (QED) is 0.596. The van der Waals surface area contributed by atoms with E-state index < -0.39 is 5.97 Å². The van der Waals surface area contributed by atoms with Crippen LogP contribution in [0.3, 0.4) is 0 Å². The van der Waals surface area contributed by atoms with Crippen LogP contribution in [0, 0.1) is 0 Å². The molecule has 2 N–H and O–H groups in total. The number of aromatic carboxylic acids is 1. The van der Waals surface area contributed by atoms with Gasteiger partial charge in [-0.1, -0.05) is 24.3 Å². The normalized spacial score (nSPS) is 10.2. The van der Waals surface area contributed by atoms with Crippen LogP contribution in [0.1, 0.15) is 15.9 Å². The molecule has 0 atom stereocenters. The second kappa shape index (κ2) is 6.16. The van der Waals surface area contributed by atoms with Crippen LogP contribution in [0.15, 0.2) is 24.3 Å². The summed E-state index contributed by atoms with van der Waals surface area (Å²) in [6, 6.07) is 6.73. The molecule has 0 saturated heterocycles. The number of carbonyl (C=O) groups is 1. The van der Waals surface area contributed by atoms with Crippen molar-refractivity contribution in [3.8, 4) is 0 Å². The van der Waals surface area contributed by atoms with Crippen molar-refractivity contribution in [3.05, 3.63) is 35.4 Å². The van der Waals surface area contributed by atoms with Crippen LogP contribution in [0.5, 0.6) is 0 Å². The molecule has 0 aliphatic heterocycles. The summed E-state index contributed by atoms with van der Waals surface area (Å²) < 4.78 is 4.91. The predicted molar refractivity (Wildman–Crippen MR) is 53.1 cm³/mol. The van der Waals surface area contributed by atoms with Crippen LogP contribution in [-0.4, -0.2) is 26.2 Å². The van der Waals surface area contributed by atoms with Gasteiger partial charge in [0.2, 0.25) is 0 Å². The van der Waals surface area contributed by atoms with Gasteiger partial charge in [0.25, 0.3) is 0 Å². The number of hydrogen-bond acceptors (Lipinski definition) is 3. The Morgan fingerprint density at radius 3 is 2.60 bits per heavy atom. The van der Waals surface area contributed by atoms with Gasteiger partial charge in [0.1, 0.15) is 6.54 Å². The number of hydrogen-bond donors (Lipinski definition) is 1. The third kappa shape index (κ3) is 4.10. The summed E-state index contributed by atoms with van der Waals surface area (Å²) in [5.41, 5.74) is 1.31. The zero-order chi connectivity index (χ0) is 11.1. The van der Waals surface area contributed by atoms with Gasteiger partial charge < -0.3 is 20.0 Å². The first-order chi connectivity index (χ1) is 7.24. The fraction of sp³-hybridized carbons (Fsp3) is 0.364. The standard InChI is InChI=1S/C11H15NO3/c1-15-7-6-12-8-9-2-4-10(5-3-9)11(13)14/h2-5,12H,6-8H2,1H3,(H,13,14). The van der Waals surface area contributed by atoms with Gasteiger partial charge in [0, 0.05) is 12.7 Å². The molecule has 15 heavy (non-hydrogen) atoms. The average molecular weight is 209 g/mol. The number of quaternary nitrogens is 1. The highest BCUT2D eigenvalue weighted by molar-refractivity contribution is 5.85. The van der Waals surface area contributed by atoms with Gasteiger partial charge in [-0.3, -0.25) is 0 Å². The Labute approximate surface area is 88.9 Å². The molecule has 0 aromatic heterocycles. The fourth-order valence-corrected chi connectivity index (χ4v) is 1.25. The highest BCUT2D eigenvalue weighted by Crippen LogP contribution is 2.01. The van der Waals surface area contributed by atoms with Gasteiger partial charge in [-0.2, -0.15) is 0 Å². The maximum atomic E-state index is 10.5. The highest BCUT2D eigenvalue weighted by atomic mass is 16.5. The molecule has 1 rings (SSSR count). The second-order valence-corrected chi connectivity index (χ2v) is 3.26. The maximum absolute atomic E-state index is 10.5. The molecule has 0 spiro atoms. The topological polar surface area (TPSA) is 66.0 Å². The molecule has 0 aliphatic carbocycles. The smallest absolute Gasteiger partial charge is 0.101 e. The number of carbonyl (C=O) groups excluding carboxylic acids is 1. The Hall–Kier alpha value is -1.39. The minimum absolute atomic E-state index is 0.218. The van der Waals surface area contributed by atoms with Crippen LogP contribution in [0.25, 0.3) is 0 Å². The number of carboxylic acids is 1. The van der Waals surface area contributed by atoms with Crippen LogP contribution in [0.2, 0.25) is 0 Å². The van der Waals surface area contributed by atoms with Gasteiger partial charge in [0.15, 0.2) is 0 Å². The predicted octanol–water partition coefficient (Wildman–Crippen LogP) is -1.24. The number of carboxylic acid groups (broad SMARTS) is 1. The average Bonchev–Trinajstić information content (AvgIpc) is 2.25. The van der Waals surface area contributed by atoms with Crippen molar-refractivity contribution in [2.75, 3.05) is 20.3 Å². The molecule has 0 saturated carbocycles. The van der Waals surface area contributed by atoms with Crippen LogP contribution >= 0.6 is 0 Å². The molecule has 0 bridgehead atoms. The minimum Gasteiger partial charge on any atom is -0.545 e. The number of ether oxygens (including phenoxy) is 1. The molecule has 1 aromatic carbocycles. The van der Waals surface area contributed by atoms with Crippen molar-refractivity contribution in [2.45, 2.75) is 6.54 Å². The summed E-state index contributed by atoms with van der Waals surface area (Å²) in [6.45, 7) is 2.45. The third-order valence-electron chi connectivity index (χ3n) is 2.10. The lowest BCUT2D eigenvalue weighted by atomic mass is 10.1. The molecule has 0 amide bonds. The van der Waals surface area contributed by atoms with Crippen molar-refractivity contribution < 1.29 is 20.0 Å². The first-order valence-electron chi connectivity index (χ1n) is 4.85. The SMILES string of the molecule is COCC[NH2+]Cc1ccc(C(=O)[O-])cc1. The summed E-state index contributed by atoms with van der Waals surface area (Å²) in [6.07, 6.45) is 0. The fourth-order valence-electron chi connectivity index (χ4n) is 1.25. The van der Waals surface area contributed by atoms with Crippen molar-refractivity contribution >= 4 is 5.97 Å². The number of nitrogens with two attached hydrogens (primary N) is 1. The van der Waals surface area contributed by atoms with E-state index in [1.807, 2.05) is 0 Å². The molecule has 0 heterocycles. The molecule has 82 valence electrons. The lowest BCUT2D eigenvalue weighted by Gasteiger charge is -2.04. The first kappa shape index (κ1) is 11.7. The van der Waals surface area contributed by atoms with Crippen molar-refractivity contribution in [3.63, 3.8) is 0 Å². The molecular weight excluding hydrogens is 194 g/mol. The van der Waals surface area contributed by atoms with E-state index in [4.69, 9.17) is 4.74 Å². The van der Waals surface area contributed by atoms with Crippen molar-refractivity contribution in [2.24, 2.45) is 0 Å². The maximum Gasteiger partial charge on any atom is 0.101 e. The van der Waals surface area contributed by atoms with E-state index in [1.54, 1.807) is 31.4 Å². The lowest BCUT2D eigenvalue weighted by Crippen LogP contribution is -2.83. The van der Waals surface area contributed by atoms with Crippen molar-refractivity contribution in [1.29, 1.82) is 0 Å². The molecular formula is C11H15NO3. The summed E-state index contributed by atoms with van der Waals surface area (Å²) in [4.78, 5) is 10.5. The molecule has 4 nitrogen and oxygen atoms in total. The van der Waals surface area contributed by atoms with Gasteiger partial charge in [-0.25, -0.2) is 0 Å². The van der Waals surface area contributed by atoms with E-state index in [0.717, 1.165) is 25.3 Å². The molecule has 0 radical (unpaired) electrons. The van der Waals surface area contributed by atoms with E-state index in [9.17, 15) is 9.90 Å². The largest absolute Gasteiger partial charge is 0.545 e. The Kier molecular flexibility index (Phi) is 4.80. The zero-order valence-electron chi connectivity index (χ0n) is 8.73. The van der Waals surface area contributed by atoms with Crippen LogP contribution in [0.4, 0.5) is 0 Å². The minimum atomic E-state index is -1.13.